The second-order valence-corrected chi connectivity index (χ2v) is 6.91. The van der Waals surface area contributed by atoms with Crippen molar-refractivity contribution in [3.05, 3.63) is 82.9 Å². The van der Waals surface area contributed by atoms with Gasteiger partial charge < -0.3 is 0 Å². The molecule has 0 spiro atoms. The van der Waals surface area contributed by atoms with Gasteiger partial charge in [-0.3, -0.25) is 0 Å². The van der Waals surface area contributed by atoms with Crippen molar-refractivity contribution in [2.24, 2.45) is 0 Å². The first-order valence-corrected chi connectivity index (χ1v) is 8.37. The SMILES string of the molecule is Cc1ccc(C(Br)C2Cc3ccccc32)c2ccccc12. The van der Waals surface area contributed by atoms with Crippen LogP contribution in [-0.4, -0.2) is 0 Å². The fourth-order valence-corrected chi connectivity index (χ4v) is 4.36. The molecule has 0 aliphatic heterocycles. The number of rotatable bonds is 2. The first-order chi connectivity index (χ1) is 10.3. The van der Waals surface area contributed by atoms with E-state index in [1.807, 2.05) is 0 Å². The Morgan fingerprint density at radius 3 is 2.43 bits per heavy atom. The Morgan fingerprint density at radius 2 is 1.62 bits per heavy atom. The maximum Gasteiger partial charge on any atom is 0.0473 e. The van der Waals surface area contributed by atoms with E-state index in [1.165, 1.54) is 39.4 Å². The largest absolute Gasteiger partial charge is 0.0832 e. The van der Waals surface area contributed by atoms with Gasteiger partial charge in [-0.25, -0.2) is 0 Å². The molecule has 21 heavy (non-hydrogen) atoms. The van der Waals surface area contributed by atoms with Crippen LogP contribution in [0.15, 0.2) is 60.7 Å². The van der Waals surface area contributed by atoms with Crippen LogP contribution in [0, 0.1) is 6.92 Å². The van der Waals surface area contributed by atoms with Crippen molar-refractivity contribution in [3.63, 3.8) is 0 Å². The number of alkyl halides is 1. The Kier molecular flexibility index (Phi) is 3.11. The summed E-state index contributed by atoms with van der Waals surface area (Å²) in [7, 11) is 0. The van der Waals surface area contributed by atoms with E-state index >= 15 is 0 Å². The number of hydrogen-bond acceptors (Lipinski definition) is 0. The molecule has 0 amide bonds. The van der Waals surface area contributed by atoms with Crippen molar-refractivity contribution in [2.45, 2.75) is 24.1 Å². The van der Waals surface area contributed by atoms with Crippen molar-refractivity contribution in [1.82, 2.24) is 0 Å². The fraction of sp³-hybridized carbons (Fsp3) is 0.200. The Bertz CT molecular complexity index is 819. The van der Waals surface area contributed by atoms with Crippen molar-refractivity contribution < 1.29 is 0 Å². The molecule has 0 N–H and O–H groups in total. The molecule has 0 radical (unpaired) electrons. The Balaban J connectivity index is 1.80. The highest BCUT2D eigenvalue weighted by atomic mass is 79.9. The first-order valence-electron chi connectivity index (χ1n) is 7.46. The molecule has 0 heterocycles. The normalized spacial score (nSPS) is 18.1. The number of benzene rings is 3. The van der Waals surface area contributed by atoms with Crippen LogP contribution in [0.5, 0.6) is 0 Å². The zero-order valence-corrected chi connectivity index (χ0v) is 13.6. The summed E-state index contributed by atoms with van der Waals surface area (Å²) in [6.07, 6.45) is 1.17. The predicted molar refractivity (Wildman–Crippen MR) is 93.2 cm³/mol. The van der Waals surface area contributed by atoms with E-state index < -0.39 is 0 Å². The highest BCUT2D eigenvalue weighted by Gasteiger charge is 2.32. The molecule has 0 saturated carbocycles. The molecule has 2 atom stereocenters. The average Bonchev–Trinajstić information content (AvgIpc) is 2.49. The maximum atomic E-state index is 3.98. The highest BCUT2D eigenvalue weighted by Crippen LogP contribution is 2.49. The lowest BCUT2D eigenvalue weighted by atomic mass is 9.74. The van der Waals surface area contributed by atoms with Gasteiger partial charge in [0.2, 0.25) is 0 Å². The standard InChI is InChI=1S/C20H17Br/c1-13-10-11-18(17-9-5-4-7-15(13)17)20(21)19-12-14-6-2-3-8-16(14)19/h2-11,19-20H,12H2,1H3. The molecule has 1 aliphatic carbocycles. The lowest BCUT2D eigenvalue weighted by molar-refractivity contribution is 0.602. The molecule has 0 fully saturated rings. The Hall–Kier alpha value is -1.60. The summed E-state index contributed by atoms with van der Waals surface area (Å²) < 4.78 is 0. The van der Waals surface area contributed by atoms with Crippen LogP contribution >= 0.6 is 15.9 Å². The molecule has 3 aromatic carbocycles. The molecule has 2 unspecified atom stereocenters. The molecular weight excluding hydrogens is 320 g/mol. The fourth-order valence-electron chi connectivity index (χ4n) is 3.49. The summed E-state index contributed by atoms with van der Waals surface area (Å²) in [5, 5.41) is 2.75. The second-order valence-electron chi connectivity index (χ2n) is 5.93. The molecule has 0 bridgehead atoms. The van der Waals surface area contributed by atoms with Crippen molar-refractivity contribution in [2.75, 3.05) is 0 Å². The van der Waals surface area contributed by atoms with Crippen molar-refractivity contribution >= 4 is 26.7 Å². The minimum Gasteiger partial charge on any atom is -0.0832 e. The minimum atomic E-state index is 0.387. The zero-order valence-electron chi connectivity index (χ0n) is 12.0. The summed E-state index contributed by atoms with van der Waals surface area (Å²) in [5.74, 6) is 0.590. The van der Waals surface area contributed by atoms with Crippen LogP contribution in [-0.2, 0) is 6.42 Å². The summed E-state index contributed by atoms with van der Waals surface area (Å²) in [6, 6.07) is 22.1. The van der Waals surface area contributed by atoms with Gasteiger partial charge in [0.15, 0.2) is 0 Å². The third-order valence-electron chi connectivity index (χ3n) is 4.72. The number of fused-ring (bicyclic) bond motifs is 2. The van der Waals surface area contributed by atoms with Crippen LogP contribution in [0.25, 0.3) is 10.8 Å². The average molecular weight is 337 g/mol. The van der Waals surface area contributed by atoms with Gasteiger partial charge in [0, 0.05) is 10.7 Å². The monoisotopic (exact) mass is 336 g/mol. The van der Waals surface area contributed by atoms with Crippen LogP contribution in [0.2, 0.25) is 0 Å². The van der Waals surface area contributed by atoms with E-state index in [0.717, 1.165) is 0 Å². The lowest BCUT2D eigenvalue weighted by Gasteiger charge is -2.34. The van der Waals surface area contributed by atoms with Crippen molar-refractivity contribution in [1.29, 1.82) is 0 Å². The van der Waals surface area contributed by atoms with E-state index in [9.17, 15) is 0 Å². The van der Waals surface area contributed by atoms with Gasteiger partial charge in [-0.05, 0) is 46.4 Å². The summed E-state index contributed by atoms with van der Waals surface area (Å²) >= 11 is 3.98. The van der Waals surface area contributed by atoms with Gasteiger partial charge in [-0.2, -0.15) is 0 Å². The third-order valence-corrected chi connectivity index (χ3v) is 5.85. The first kappa shape index (κ1) is 13.1. The lowest BCUT2D eigenvalue weighted by Crippen LogP contribution is -2.20. The van der Waals surface area contributed by atoms with Crippen LogP contribution in [0.3, 0.4) is 0 Å². The van der Waals surface area contributed by atoms with Crippen molar-refractivity contribution in [3.8, 4) is 0 Å². The molecular formula is C20H17Br. The van der Waals surface area contributed by atoms with Crippen LogP contribution in [0.4, 0.5) is 0 Å². The summed E-state index contributed by atoms with van der Waals surface area (Å²) in [6.45, 7) is 2.19. The van der Waals surface area contributed by atoms with E-state index in [0.29, 0.717) is 10.7 Å². The topological polar surface area (TPSA) is 0 Å². The molecule has 0 nitrogen and oxygen atoms in total. The molecule has 1 aliphatic rings. The smallest absolute Gasteiger partial charge is 0.0473 e. The third kappa shape index (κ3) is 2.03. The van der Waals surface area contributed by atoms with Crippen LogP contribution in [0.1, 0.15) is 33.0 Å². The Morgan fingerprint density at radius 1 is 0.905 bits per heavy atom. The quantitative estimate of drug-likeness (QED) is 0.509. The Labute approximate surface area is 133 Å². The van der Waals surface area contributed by atoms with Gasteiger partial charge in [0.25, 0.3) is 0 Å². The van der Waals surface area contributed by atoms with Gasteiger partial charge in [-0.1, -0.05) is 76.6 Å². The number of halogens is 1. The van der Waals surface area contributed by atoms with E-state index in [1.54, 1.807) is 0 Å². The summed E-state index contributed by atoms with van der Waals surface area (Å²) in [4.78, 5) is 0.387. The zero-order chi connectivity index (χ0) is 14.4. The predicted octanol–water partition coefficient (Wildman–Crippen LogP) is 5.92. The van der Waals surface area contributed by atoms with E-state index in [2.05, 4.69) is 83.5 Å². The molecule has 4 rings (SSSR count). The van der Waals surface area contributed by atoms with Crippen LogP contribution < -0.4 is 0 Å². The van der Waals surface area contributed by atoms with Gasteiger partial charge in [0.05, 0.1) is 0 Å². The van der Waals surface area contributed by atoms with Gasteiger partial charge in [-0.15, -0.1) is 0 Å². The number of aryl methyl sites for hydroxylation is 1. The molecule has 0 aromatic heterocycles. The summed E-state index contributed by atoms with van der Waals surface area (Å²) in [5.41, 5.74) is 5.77. The minimum absolute atomic E-state index is 0.387. The molecule has 3 aromatic rings. The maximum absolute atomic E-state index is 3.98. The molecule has 1 heteroatoms. The highest BCUT2D eigenvalue weighted by molar-refractivity contribution is 9.09. The van der Waals surface area contributed by atoms with Gasteiger partial charge in [0.1, 0.15) is 0 Å². The van der Waals surface area contributed by atoms with Gasteiger partial charge >= 0.3 is 0 Å². The molecule has 0 saturated heterocycles. The number of hydrogen-bond donors (Lipinski definition) is 0. The molecule has 104 valence electrons. The second kappa shape index (κ2) is 4.99. The van der Waals surface area contributed by atoms with E-state index in [-0.39, 0.29) is 0 Å². The van der Waals surface area contributed by atoms with E-state index in [4.69, 9.17) is 0 Å².